The van der Waals surface area contributed by atoms with E-state index >= 15 is 0 Å². The third-order valence-corrected chi connectivity index (χ3v) is 2.25. The number of hydroxylamine groups is 1. The van der Waals surface area contributed by atoms with Gasteiger partial charge in [-0.3, -0.25) is 9.63 Å². The van der Waals surface area contributed by atoms with Crippen molar-refractivity contribution in [3.8, 4) is 5.75 Å². The molecule has 0 aliphatic rings. The number of methoxy groups -OCH3 is 1. The lowest BCUT2D eigenvalue weighted by Gasteiger charge is -2.09. The van der Waals surface area contributed by atoms with Crippen molar-refractivity contribution in [2.45, 2.75) is 13.8 Å². The van der Waals surface area contributed by atoms with Crippen molar-refractivity contribution in [1.29, 1.82) is 0 Å². The van der Waals surface area contributed by atoms with Gasteiger partial charge in [0.25, 0.3) is 5.91 Å². The molecule has 19 heavy (non-hydrogen) atoms. The molecular weight excluding hydrogens is 246 g/mol. The van der Waals surface area contributed by atoms with E-state index in [2.05, 4.69) is 19.3 Å². The molecule has 5 heteroatoms. The highest BCUT2D eigenvalue weighted by molar-refractivity contribution is 5.93. The highest BCUT2D eigenvalue weighted by Gasteiger charge is 2.05. The summed E-state index contributed by atoms with van der Waals surface area (Å²) in [5.41, 5.74) is 2.87. The molecule has 1 amide bonds. The van der Waals surface area contributed by atoms with Gasteiger partial charge >= 0.3 is 0 Å². The number of rotatable bonds is 8. The van der Waals surface area contributed by atoms with Gasteiger partial charge in [-0.25, -0.2) is 5.48 Å². The maximum Gasteiger partial charge on any atom is 0.274 e. The van der Waals surface area contributed by atoms with Gasteiger partial charge in [0.2, 0.25) is 0 Å². The van der Waals surface area contributed by atoms with Crippen LogP contribution >= 0.6 is 0 Å². The van der Waals surface area contributed by atoms with E-state index in [9.17, 15) is 4.79 Å². The third kappa shape index (κ3) is 6.22. The van der Waals surface area contributed by atoms with Gasteiger partial charge in [-0.1, -0.05) is 13.8 Å². The van der Waals surface area contributed by atoms with Gasteiger partial charge in [-0.05, 0) is 30.2 Å². The molecule has 0 radical (unpaired) electrons. The number of benzene rings is 1. The summed E-state index contributed by atoms with van der Waals surface area (Å²) in [6.45, 7) is 5.57. The summed E-state index contributed by atoms with van der Waals surface area (Å²) in [6, 6.07) is 6.94. The van der Waals surface area contributed by atoms with Crippen LogP contribution in [0.5, 0.6) is 5.75 Å². The van der Waals surface area contributed by atoms with Crippen LogP contribution in [0, 0.1) is 5.92 Å². The topological polar surface area (TPSA) is 56.8 Å². The largest absolute Gasteiger partial charge is 0.493 e. The van der Waals surface area contributed by atoms with Crippen molar-refractivity contribution in [2.75, 3.05) is 26.9 Å². The van der Waals surface area contributed by atoms with Crippen molar-refractivity contribution in [1.82, 2.24) is 5.48 Å². The fourth-order valence-electron chi connectivity index (χ4n) is 1.27. The first-order valence-electron chi connectivity index (χ1n) is 6.27. The van der Waals surface area contributed by atoms with E-state index in [1.54, 1.807) is 31.4 Å². The van der Waals surface area contributed by atoms with Crippen LogP contribution in [0.3, 0.4) is 0 Å². The summed E-state index contributed by atoms with van der Waals surface area (Å²) in [4.78, 5) is 16.6. The van der Waals surface area contributed by atoms with Crippen LogP contribution in [0.15, 0.2) is 24.3 Å². The number of hydrogen-bond acceptors (Lipinski definition) is 4. The summed E-state index contributed by atoms with van der Waals surface area (Å²) in [7, 11) is 1.57. The van der Waals surface area contributed by atoms with E-state index in [1.165, 1.54) is 0 Å². The Hall–Kier alpha value is -1.59. The van der Waals surface area contributed by atoms with Crippen LogP contribution < -0.4 is 10.2 Å². The summed E-state index contributed by atoms with van der Waals surface area (Å²) in [5.74, 6) is 0.939. The average Bonchev–Trinajstić information content (AvgIpc) is 2.41. The predicted molar refractivity (Wildman–Crippen MR) is 72.1 cm³/mol. The number of carbonyl (C=O) groups excluding carboxylic acids is 1. The maximum atomic E-state index is 11.7. The van der Waals surface area contributed by atoms with Gasteiger partial charge in [0, 0.05) is 12.7 Å². The van der Waals surface area contributed by atoms with Crippen LogP contribution in [-0.2, 0) is 9.57 Å². The predicted octanol–water partition coefficient (Wildman–Crippen LogP) is 2.03. The van der Waals surface area contributed by atoms with Crippen molar-refractivity contribution in [3.05, 3.63) is 29.8 Å². The van der Waals surface area contributed by atoms with E-state index in [0.29, 0.717) is 31.3 Å². The number of hydrogen-bond donors (Lipinski definition) is 1. The molecule has 1 N–H and O–H groups in total. The molecule has 1 aromatic carbocycles. The molecule has 0 aliphatic carbocycles. The van der Waals surface area contributed by atoms with Gasteiger partial charge in [-0.15, -0.1) is 0 Å². The quantitative estimate of drug-likeness (QED) is 0.578. The minimum Gasteiger partial charge on any atom is -0.493 e. The van der Waals surface area contributed by atoms with Crippen LogP contribution in [0.4, 0.5) is 0 Å². The fraction of sp³-hybridized carbons (Fsp3) is 0.500. The van der Waals surface area contributed by atoms with Gasteiger partial charge in [0.05, 0.1) is 19.8 Å². The number of ether oxygens (including phenoxy) is 2. The molecule has 0 atom stereocenters. The van der Waals surface area contributed by atoms with Gasteiger partial charge in [0.1, 0.15) is 5.75 Å². The third-order valence-electron chi connectivity index (χ3n) is 2.25. The van der Waals surface area contributed by atoms with Crippen LogP contribution in [0.1, 0.15) is 24.2 Å². The summed E-state index contributed by atoms with van der Waals surface area (Å²) < 4.78 is 10.3. The fourth-order valence-corrected chi connectivity index (χ4v) is 1.27. The zero-order valence-electron chi connectivity index (χ0n) is 11.6. The molecule has 0 saturated carbocycles. The SMILES string of the molecule is COCCONC(=O)c1ccc(OCC(C)C)cc1. The Kier molecular flexibility index (Phi) is 6.92. The second-order valence-electron chi connectivity index (χ2n) is 4.50. The molecule has 0 bridgehead atoms. The molecule has 5 nitrogen and oxygen atoms in total. The zero-order chi connectivity index (χ0) is 14.1. The molecule has 0 aromatic heterocycles. The minimum atomic E-state index is -0.286. The lowest BCUT2D eigenvalue weighted by molar-refractivity contribution is 0.00888. The Morgan fingerprint density at radius 1 is 1.21 bits per heavy atom. The summed E-state index contributed by atoms with van der Waals surface area (Å²) >= 11 is 0. The van der Waals surface area contributed by atoms with Gasteiger partial charge in [-0.2, -0.15) is 0 Å². The van der Waals surface area contributed by atoms with Crippen molar-refractivity contribution in [3.63, 3.8) is 0 Å². The molecule has 1 aromatic rings. The maximum absolute atomic E-state index is 11.7. The first-order chi connectivity index (χ1) is 9.13. The first-order valence-corrected chi connectivity index (χ1v) is 6.27. The van der Waals surface area contributed by atoms with Gasteiger partial charge in [0.15, 0.2) is 0 Å². The Morgan fingerprint density at radius 2 is 1.89 bits per heavy atom. The Bertz CT molecular complexity index is 376. The van der Waals surface area contributed by atoms with E-state index in [-0.39, 0.29) is 5.91 Å². The van der Waals surface area contributed by atoms with Crippen molar-refractivity contribution >= 4 is 5.91 Å². The monoisotopic (exact) mass is 267 g/mol. The van der Waals surface area contributed by atoms with Crippen molar-refractivity contribution < 1.29 is 19.1 Å². The van der Waals surface area contributed by atoms with E-state index < -0.39 is 0 Å². The Morgan fingerprint density at radius 3 is 2.47 bits per heavy atom. The Balaban J connectivity index is 2.40. The van der Waals surface area contributed by atoms with Gasteiger partial charge < -0.3 is 9.47 Å². The molecule has 0 unspecified atom stereocenters. The first kappa shape index (κ1) is 15.5. The average molecular weight is 267 g/mol. The molecule has 0 spiro atoms. The molecule has 0 aliphatic heterocycles. The van der Waals surface area contributed by atoms with Crippen LogP contribution in [-0.4, -0.2) is 32.8 Å². The molecule has 0 heterocycles. The van der Waals surface area contributed by atoms with Crippen LogP contribution in [0.25, 0.3) is 0 Å². The summed E-state index contributed by atoms with van der Waals surface area (Å²) in [6.07, 6.45) is 0. The van der Waals surface area contributed by atoms with Crippen LogP contribution in [0.2, 0.25) is 0 Å². The number of amides is 1. The standard InChI is InChI=1S/C14H21NO4/c1-11(2)10-18-13-6-4-12(5-7-13)14(16)15-19-9-8-17-3/h4-7,11H,8-10H2,1-3H3,(H,15,16). The van der Waals surface area contributed by atoms with E-state index in [4.69, 9.17) is 14.3 Å². The van der Waals surface area contributed by atoms with E-state index in [1.807, 2.05) is 0 Å². The van der Waals surface area contributed by atoms with E-state index in [0.717, 1.165) is 5.75 Å². The summed E-state index contributed by atoms with van der Waals surface area (Å²) in [5, 5.41) is 0. The second-order valence-corrected chi connectivity index (χ2v) is 4.50. The molecule has 1 rings (SSSR count). The second kappa shape index (κ2) is 8.50. The molecule has 0 fully saturated rings. The highest BCUT2D eigenvalue weighted by Crippen LogP contribution is 2.13. The Labute approximate surface area is 113 Å². The normalized spacial score (nSPS) is 10.5. The zero-order valence-corrected chi connectivity index (χ0v) is 11.6. The molecular formula is C14H21NO4. The number of carbonyl (C=O) groups is 1. The highest BCUT2D eigenvalue weighted by atomic mass is 16.7. The van der Waals surface area contributed by atoms with Crippen molar-refractivity contribution in [2.24, 2.45) is 5.92 Å². The molecule has 106 valence electrons. The lowest BCUT2D eigenvalue weighted by Crippen LogP contribution is -2.25. The smallest absolute Gasteiger partial charge is 0.274 e. The minimum absolute atomic E-state index is 0.286. The number of nitrogens with one attached hydrogen (secondary N) is 1. The molecule has 0 saturated heterocycles. The lowest BCUT2D eigenvalue weighted by atomic mass is 10.2.